The van der Waals surface area contributed by atoms with Gasteiger partial charge in [0.1, 0.15) is 11.6 Å². The third kappa shape index (κ3) is 6.77. The van der Waals surface area contributed by atoms with Gasteiger partial charge in [-0.2, -0.15) is 0 Å². The SMILES string of the molecule is CNCCCN(C)C.Cc1ccc2nc(-c3cc(N4CCC(C(=O)O)CC4)ccc3F)[nH]c2c1. The highest BCUT2D eigenvalue weighted by atomic mass is 19.1. The number of carboxylic acids is 1. The third-order valence-corrected chi connectivity index (χ3v) is 6.08. The minimum absolute atomic E-state index is 0.287. The van der Waals surface area contributed by atoms with Gasteiger partial charge in [0.15, 0.2) is 0 Å². The number of hydrogen-bond donors (Lipinski definition) is 3. The molecule has 1 aliphatic rings. The Morgan fingerprint density at radius 2 is 1.97 bits per heavy atom. The van der Waals surface area contributed by atoms with Gasteiger partial charge in [-0.05, 0) is 96.3 Å². The molecule has 4 rings (SSSR count). The van der Waals surface area contributed by atoms with Gasteiger partial charge in [0.05, 0.1) is 22.5 Å². The number of fused-ring (bicyclic) bond motifs is 1. The van der Waals surface area contributed by atoms with Gasteiger partial charge in [0.2, 0.25) is 0 Å². The van der Waals surface area contributed by atoms with Crippen LogP contribution in [-0.2, 0) is 4.79 Å². The summed E-state index contributed by atoms with van der Waals surface area (Å²) in [5.41, 5.74) is 4.12. The number of nitrogens with zero attached hydrogens (tertiary/aromatic N) is 3. The van der Waals surface area contributed by atoms with Gasteiger partial charge in [-0.15, -0.1) is 0 Å². The maximum absolute atomic E-state index is 14.4. The molecule has 1 aliphatic heterocycles. The lowest BCUT2D eigenvalue weighted by molar-refractivity contribution is -0.142. The number of aromatic nitrogens is 2. The molecule has 0 amide bonds. The standard InChI is InChI=1S/C20H20FN3O2.C6H16N2/c1-12-2-5-17-18(10-12)23-19(22-17)15-11-14(3-4-16(15)21)24-8-6-13(7-9-24)20(25)26;1-7-5-4-6-8(2)3/h2-5,10-11,13H,6-9H2,1H3,(H,22,23)(H,25,26);7H,4-6H2,1-3H3. The first kappa shape index (κ1) is 25.6. The normalized spacial score (nSPS) is 14.4. The van der Waals surface area contributed by atoms with Gasteiger partial charge < -0.3 is 25.2 Å². The molecule has 1 aromatic heterocycles. The molecule has 0 spiro atoms. The van der Waals surface area contributed by atoms with Crippen LogP contribution in [0.15, 0.2) is 36.4 Å². The molecule has 8 heteroatoms. The van der Waals surface area contributed by atoms with Crippen molar-refractivity contribution in [3.63, 3.8) is 0 Å². The van der Waals surface area contributed by atoms with Gasteiger partial charge in [0, 0.05) is 18.8 Å². The van der Waals surface area contributed by atoms with E-state index in [1.807, 2.05) is 32.2 Å². The second-order valence-electron chi connectivity index (χ2n) is 9.13. The Morgan fingerprint density at radius 1 is 1.24 bits per heavy atom. The van der Waals surface area contributed by atoms with Gasteiger partial charge >= 0.3 is 5.97 Å². The van der Waals surface area contributed by atoms with Crippen molar-refractivity contribution in [3.8, 4) is 11.4 Å². The van der Waals surface area contributed by atoms with E-state index in [0.717, 1.165) is 28.8 Å². The number of nitrogens with one attached hydrogen (secondary N) is 2. The fraction of sp³-hybridized carbons (Fsp3) is 0.462. The first-order valence-corrected chi connectivity index (χ1v) is 11.8. The summed E-state index contributed by atoms with van der Waals surface area (Å²) in [6, 6.07) is 10.9. The van der Waals surface area contributed by atoms with Crippen LogP contribution in [0, 0.1) is 18.7 Å². The largest absolute Gasteiger partial charge is 0.481 e. The molecule has 1 saturated heterocycles. The smallest absolute Gasteiger partial charge is 0.306 e. The quantitative estimate of drug-likeness (QED) is 0.451. The lowest BCUT2D eigenvalue weighted by Crippen LogP contribution is -2.36. The van der Waals surface area contributed by atoms with Crippen LogP contribution >= 0.6 is 0 Å². The number of halogens is 1. The Bertz CT molecular complexity index is 1090. The average molecular weight is 470 g/mol. The van der Waals surface area contributed by atoms with Crippen molar-refractivity contribution in [2.75, 3.05) is 52.2 Å². The van der Waals surface area contributed by atoms with Gasteiger partial charge in [0.25, 0.3) is 0 Å². The number of aliphatic carboxylic acids is 1. The van der Waals surface area contributed by atoms with Crippen LogP contribution < -0.4 is 10.2 Å². The molecule has 184 valence electrons. The van der Waals surface area contributed by atoms with E-state index in [9.17, 15) is 9.18 Å². The van der Waals surface area contributed by atoms with E-state index < -0.39 is 5.97 Å². The Kier molecular flexibility index (Phi) is 9.01. The van der Waals surface area contributed by atoms with Crippen molar-refractivity contribution in [2.24, 2.45) is 5.92 Å². The number of aromatic amines is 1. The van der Waals surface area contributed by atoms with Crippen LogP contribution in [-0.4, -0.2) is 73.3 Å². The van der Waals surface area contributed by atoms with E-state index >= 15 is 0 Å². The monoisotopic (exact) mass is 469 g/mol. The topological polar surface area (TPSA) is 84.5 Å². The molecule has 3 N–H and O–H groups in total. The first-order valence-electron chi connectivity index (χ1n) is 11.8. The molecule has 0 bridgehead atoms. The zero-order valence-electron chi connectivity index (χ0n) is 20.6. The van der Waals surface area contributed by atoms with Gasteiger partial charge in [-0.1, -0.05) is 6.07 Å². The number of aryl methyl sites for hydroxylation is 1. The van der Waals surface area contributed by atoms with E-state index in [4.69, 9.17) is 5.11 Å². The fourth-order valence-corrected chi connectivity index (χ4v) is 4.10. The lowest BCUT2D eigenvalue weighted by Gasteiger charge is -2.32. The predicted octanol–water partition coefficient (Wildman–Crippen LogP) is 4.14. The number of carbonyl (C=O) groups is 1. The zero-order chi connectivity index (χ0) is 24.7. The molecule has 7 nitrogen and oxygen atoms in total. The second kappa shape index (κ2) is 11.9. The molecular weight excluding hydrogens is 433 g/mol. The maximum atomic E-state index is 14.4. The maximum Gasteiger partial charge on any atom is 0.306 e. The molecule has 3 aromatic rings. The minimum Gasteiger partial charge on any atom is -0.481 e. The summed E-state index contributed by atoms with van der Waals surface area (Å²) in [6.07, 6.45) is 2.45. The summed E-state index contributed by atoms with van der Waals surface area (Å²) < 4.78 is 14.4. The summed E-state index contributed by atoms with van der Waals surface area (Å²) >= 11 is 0. The van der Waals surface area contributed by atoms with Crippen molar-refractivity contribution >= 4 is 22.7 Å². The number of benzene rings is 2. The first-order chi connectivity index (χ1) is 16.3. The molecule has 0 unspecified atom stereocenters. The van der Waals surface area contributed by atoms with E-state index in [2.05, 4.69) is 39.2 Å². The summed E-state index contributed by atoms with van der Waals surface area (Å²) in [4.78, 5) is 23.1. The highest BCUT2D eigenvalue weighted by Gasteiger charge is 2.25. The van der Waals surface area contributed by atoms with E-state index in [0.29, 0.717) is 37.3 Å². The van der Waals surface area contributed by atoms with Crippen LogP contribution in [0.5, 0.6) is 0 Å². The van der Waals surface area contributed by atoms with Crippen LogP contribution in [0.1, 0.15) is 24.8 Å². The average Bonchev–Trinajstić information content (AvgIpc) is 3.23. The Labute approximate surface area is 201 Å². The van der Waals surface area contributed by atoms with Gasteiger partial charge in [-0.3, -0.25) is 4.79 Å². The highest BCUT2D eigenvalue weighted by molar-refractivity contribution is 5.80. The fourth-order valence-electron chi connectivity index (χ4n) is 4.10. The lowest BCUT2D eigenvalue weighted by atomic mass is 9.96. The summed E-state index contributed by atoms with van der Waals surface area (Å²) in [6.45, 7) is 5.61. The van der Waals surface area contributed by atoms with Crippen molar-refractivity contribution in [1.29, 1.82) is 0 Å². The van der Waals surface area contributed by atoms with Crippen LogP contribution in [0.3, 0.4) is 0 Å². The molecule has 2 aromatic carbocycles. The van der Waals surface area contributed by atoms with E-state index in [-0.39, 0.29) is 11.7 Å². The van der Waals surface area contributed by atoms with Crippen molar-refractivity contribution < 1.29 is 14.3 Å². The van der Waals surface area contributed by atoms with Crippen molar-refractivity contribution in [2.45, 2.75) is 26.2 Å². The second-order valence-corrected chi connectivity index (χ2v) is 9.13. The number of piperidine rings is 1. The number of carboxylic acid groups (broad SMARTS) is 1. The molecule has 1 fully saturated rings. The summed E-state index contributed by atoms with van der Waals surface area (Å²) in [5, 5.41) is 12.2. The third-order valence-electron chi connectivity index (χ3n) is 6.08. The molecule has 34 heavy (non-hydrogen) atoms. The Balaban J connectivity index is 0.000000350. The van der Waals surface area contributed by atoms with Crippen molar-refractivity contribution in [1.82, 2.24) is 20.2 Å². The number of hydrogen-bond acceptors (Lipinski definition) is 5. The number of H-pyrrole nitrogens is 1. The summed E-state index contributed by atoms with van der Waals surface area (Å²) in [7, 11) is 6.17. The highest BCUT2D eigenvalue weighted by Crippen LogP contribution is 2.30. The predicted molar refractivity (Wildman–Crippen MR) is 136 cm³/mol. The van der Waals surface area contributed by atoms with Crippen molar-refractivity contribution in [3.05, 3.63) is 47.8 Å². The number of rotatable bonds is 7. The van der Waals surface area contributed by atoms with E-state index in [1.165, 1.54) is 19.0 Å². The summed E-state index contributed by atoms with van der Waals surface area (Å²) in [5.74, 6) is -0.845. The molecule has 0 saturated carbocycles. The van der Waals surface area contributed by atoms with Crippen LogP contribution in [0.4, 0.5) is 10.1 Å². The van der Waals surface area contributed by atoms with Crippen LogP contribution in [0.2, 0.25) is 0 Å². The number of imidazole rings is 1. The Hall–Kier alpha value is -2.97. The molecule has 2 heterocycles. The van der Waals surface area contributed by atoms with Crippen LogP contribution in [0.25, 0.3) is 22.4 Å². The minimum atomic E-state index is -0.734. The zero-order valence-corrected chi connectivity index (χ0v) is 20.6. The Morgan fingerprint density at radius 3 is 2.62 bits per heavy atom. The van der Waals surface area contributed by atoms with E-state index in [1.54, 1.807) is 12.1 Å². The molecule has 0 aliphatic carbocycles. The number of anilines is 1. The molecular formula is C26H36FN5O2. The molecule has 0 radical (unpaired) electrons. The van der Waals surface area contributed by atoms with Gasteiger partial charge in [-0.25, -0.2) is 9.37 Å². The molecule has 0 atom stereocenters.